The molecular weight excluding hydrogens is 166 g/mol. The fourth-order valence-electron chi connectivity index (χ4n) is 1.02. The lowest BCUT2D eigenvalue weighted by Gasteiger charge is -2.13. The highest BCUT2D eigenvalue weighted by molar-refractivity contribution is 5.73. The molecule has 0 bridgehead atoms. The van der Waals surface area contributed by atoms with Crippen molar-refractivity contribution in [1.82, 2.24) is 5.32 Å². The number of carboxylic acid groups (broad SMARTS) is 1. The second-order valence-corrected chi connectivity index (χ2v) is 3.37. The van der Waals surface area contributed by atoms with Crippen LogP contribution in [-0.2, 0) is 4.79 Å². The minimum atomic E-state index is -0.769. The molecule has 3 nitrogen and oxygen atoms in total. The normalized spacial score (nSPS) is 12.5. The Morgan fingerprint density at radius 2 is 2.23 bits per heavy atom. The number of rotatable bonds is 7. The van der Waals surface area contributed by atoms with Gasteiger partial charge in [0.1, 0.15) is 6.04 Å². The average Bonchev–Trinajstić information content (AvgIpc) is 2.03. The Kier molecular flexibility index (Phi) is 6.24. The molecule has 0 aliphatic carbocycles. The van der Waals surface area contributed by atoms with Crippen molar-refractivity contribution < 1.29 is 9.90 Å². The lowest BCUT2D eigenvalue weighted by Crippen LogP contribution is -2.37. The molecule has 0 aliphatic rings. The molecule has 0 aromatic rings. The van der Waals surface area contributed by atoms with Crippen molar-refractivity contribution in [2.24, 2.45) is 0 Å². The van der Waals surface area contributed by atoms with E-state index in [-0.39, 0.29) is 0 Å². The van der Waals surface area contributed by atoms with Crippen molar-refractivity contribution in [2.75, 3.05) is 6.54 Å². The molecule has 0 heterocycles. The maximum atomic E-state index is 10.7. The highest BCUT2D eigenvalue weighted by atomic mass is 16.4. The summed E-state index contributed by atoms with van der Waals surface area (Å²) in [4.78, 5) is 10.7. The number of nitrogens with one attached hydrogen (secondary N) is 1. The molecule has 1 unspecified atom stereocenters. The summed E-state index contributed by atoms with van der Waals surface area (Å²) in [5.74, 6) is -0.769. The summed E-state index contributed by atoms with van der Waals surface area (Å²) in [7, 11) is 0. The van der Waals surface area contributed by atoms with E-state index in [1.807, 2.05) is 6.92 Å². The Bertz CT molecular complexity index is 178. The lowest BCUT2D eigenvalue weighted by molar-refractivity contribution is -0.139. The summed E-state index contributed by atoms with van der Waals surface area (Å²) in [5, 5.41) is 11.8. The highest BCUT2D eigenvalue weighted by Crippen LogP contribution is 2.01. The zero-order valence-electron chi connectivity index (χ0n) is 8.47. The number of carboxylic acids is 1. The number of hydrogen-bond acceptors (Lipinski definition) is 2. The van der Waals surface area contributed by atoms with Crippen LogP contribution in [0.15, 0.2) is 12.2 Å². The molecule has 0 rings (SSSR count). The third-order valence-electron chi connectivity index (χ3n) is 1.79. The minimum absolute atomic E-state index is 0.420. The van der Waals surface area contributed by atoms with Crippen LogP contribution in [0.3, 0.4) is 0 Å². The lowest BCUT2D eigenvalue weighted by atomic mass is 10.1. The molecule has 0 saturated heterocycles. The summed E-state index contributed by atoms with van der Waals surface area (Å²) in [5.41, 5.74) is 0.961. The van der Waals surface area contributed by atoms with Crippen LogP contribution in [0.2, 0.25) is 0 Å². The van der Waals surface area contributed by atoms with Crippen LogP contribution in [0.25, 0.3) is 0 Å². The van der Waals surface area contributed by atoms with Gasteiger partial charge in [-0.05, 0) is 13.3 Å². The van der Waals surface area contributed by atoms with Gasteiger partial charge in [-0.1, -0.05) is 31.9 Å². The van der Waals surface area contributed by atoms with Crippen LogP contribution in [0.4, 0.5) is 0 Å². The number of aliphatic carboxylic acids is 1. The maximum Gasteiger partial charge on any atom is 0.320 e. The predicted molar refractivity (Wildman–Crippen MR) is 53.8 cm³/mol. The molecule has 13 heavy (non-hydrogen) atoms. The van der Waals surface area contributed by atoms with Gasteiger partial charge in [-0.15, -0.1) is 0 Å². The fourth-order valence-corrected chi connectivity index (χ4v) is 1.02. The van der Waals surface area contributed by atoms with Crippen molar-refractivity contribution in [2.45, 2.75) is 39.2 Å². The Morgan fingerprint density at radius 3 is 2.62 bits per heavy atom. The van der Waals surface area contributed by atoms with E-state index in [1.54, 1.807) is 0 Å². The number of unbranched alkanes of at least 4 members (excludes halogenated alkanes) is 1. The van der Waals surface area contributed by atoms with E-state index >= 15 is 0 Å². The molecule has 0 aromatic carbocycles. The largest absolute Gasteiger partial charge is 0.480 e. The molecule has 0 fully saturated rings. The second kappa shape index (κ2) is 6.66. The standard InChI is InChI=1S/C10H19NO2/c1-4-5-6-9(10(12)13)11-7-8(2)3/h9,11H,2,4-7H2,1,3H3,(H,12,13). The predicted octanol–water partition coefficient (Wildman–Crippen LogP) is 1.80. The topological polar surface area (TPSA) is 49.3 Å². The van der Waals surface area contributed by atoms with Gasteiger partial charge in [-0.25, -0.2) is 0 Å². The fraction of sp³-hybridized carbons (Fsp3) is 0.700. The van der Waals surface area contributed by atoms with Gasteiger partial charge in [0.25, 0.3) is 0 Å². The first-order chi connectivity index (χ1) is 6.07. The van der Waals surface area contributed by atoms with Gasteiger partial charge in [-0.3, -0.25) is 4.79 Å². The van der Waals surface area contributed by atoms with E-state index in [4.69, 9.17) is 5.11 Å². The first kappa shape index (κ1) is 12.2. The zero-order valence-corrected chi connectivity index (χ0v) is 8.47. The van der Waals surface area contributed by atoms with E-state index < -0.39 is 12.0 Å². The smallest absolute Gasteiger partial charge is 0.320 e. The molecule has 76 valence electrons. The quantitative estimate of drug-likeness (QED) is 0.594. The summed E-state index contributed by atoms with van der Waals surface area (Å²) in [6, 6.07) is -0.420. The Hall–Kier alpha value is -0.830. The third-order valence-corrected chi connectivity index (χ3v) is 1.79. The van der Waals surface area contributed by atoms with Crippen LogP contribution in [0, 0.1) is 0 Å². The maximum absolute atomic E-state index is 10.7. The van der Waals surface area contributed by atoms with Crippen molar-refractivity contribution >= 4 is 5.97 Å². The van der Waals surface area contributed by atoms with E-state index in [9.17, 15) is 4.79 Å². The summed E-state index contributed by atoms with van der Waals surface area (Å²) in [6.07, 6.45) is 2.66. The number of carbonyl (C=O) groups is 1. The van der Waals surface area contributed by atoms with Crippen molar-refractivity contribution in [1.29, 1.82) is 0 Å². The minimum Gasteiger partial charge on any atom is -0.480 e. The zero-order chi connectivity index (χ0) is 10.3. The third kappa shape index (κ3) is 6.34. The summed E-state index contributed by atoms with van der Waals surface area (Å²) >= 11 is 0. The first-order valence-electron chi connectivity index (χ1n) is 4.68. The Labute approximate surface area is 79.8 Å². The summed E-state index contributed by atoms with van der Waals surface area (Å²) in [6.45, 7) is 8.23. The van der Waals surface area contributed by atoms with Crippen LogP contribution >= 0.6 is 0 Å². The Morgan fingerprint density at radius 1 is 1.62 bits per heavy atom. The van der Waals surface area contributed by atoms with Crippen molar-refractivity contribution in [3.8, 4) is 0 Å². The number of hydrogen-bond donors (Lipinski definition) is 2. The van der Waals surface area contributed by atoms with Gasteiger partial charge < -0.3 is 10.4 Å². The molecule has 0 aliphatic heterocycles. The molecule has 0 amide bonds. The molecule has 3 heteroatoms. The molecule has 1 atom stereocenters. The second-order valence-electron chi connectivity index (χ2n) is 3.37. The van der Waals surface area contributed by atoms with E-state index in [0.29, 0.717) is 13.0 Å². The molecule has 0 saturated carbocycles. The van der Waals surface area contributed by atoms with Crippen LogP contribution < -0.4 is 5.32 Å². The average molecular weight is 185 g/mol. The first-order valence-corrected chi connectivity index (χ1v) is 4.68. The van der Waals surface area contributed by atoms with Crippen molar-refractivity contribution in [3.05, 3.63) is 12.2 Å². The van der Waals surface area contributed by atoms with Crippen LogP contribution in [-0.4, -0.2) is 23.7 Å². The molecular formula is C10H19NO2. The van der Waals surface area contributed by atoms with Gasteiger partial charge in [0.15, 0.2) is 0 Å². The molecule has 0 radical (unpaired) electrons. The van der Waals surface area contributed by atoms with Gasteiger partial charge in [0.05, 0.1) is 0 Å². The molecule has 2 N–H and O–H groups in total. The van der Waals surface area contributed by atoms with Crippen LogP contribution in [0.1, 0.15) is 33.1 Å². The Balaban J connectivity index is 3.80. The summed E-state index contributed by atoms with van der Waals surface area (Å²) < 4.78 is 0. The molecule has 0 aromatic heterocycles. The van der Waals surface area contributed by atoms with E-state index in [1.165, 1.54) is 0 Å². The SMILES string of the molecule is C=C(C)CNC(CCCC)C(=O)O. The van der Waals surface area contributed by atoms with Gasteiger partial charge in [0.2, 0.25) is 0 Å². The van der Waals surface area contributed by atoms with Gasteiger partial charge >= 0.3 is 5.97 Å². The van der Waals surface area contributed by atoms with Gasteiger partial charge in [-0.2, -0.15) is 0 Å². The highest BCUT2D eigenvalue weighted by Gasteiger charge is 2.14. The monoisotopic (exact) mass is 185 g/mol. The van der Waals surface area contributed by atoms with E-state index in [2.05, 4.69) is 18.8 Å². The van der Waals surface area contributed by atoms with Crippen LogP contribution in [0.5, 0.6) is 0 Å². The van der Waals surface area contributed by atoms with Crippen molar-refractivity contribution in [3.63, 3.8) is 0 Å². The molecule has 0 spiro atoms. The van der Waals surface area contributed by atoms with E-state index in [0.717, 1.165) is 18.4 Å². The van der Waals surface area contributed by atoms with Gasteiger partial charge in [0, 0.05) is 6.54 Å².